The molecule has 1 aromatic heterocycles. The molecule has 2 aromatic rings. The molecule has 16 heavy (non-hydrogen) atoms. The number of rotatable bonds is 6. The maximum atomic E-state index is 4.53. The second-order valence-corrected chi connectivity index (χ2v) is 5.63. The molecule has 0 amide bonds. The Morgan fingerprint density at radius 1 is 1.31 bits per heavy atom. The highest BCUT2D eigenvalue weighted by Gasteiger charge is 2.01. The average Bonchev–Trinajstić information content (AvgIpc) is 2.71. The smallest absolute Gasteiger partial charge is 0.183 e. The van der Waals surface area contributed by atoms with Gasteiger partial charge in [0, 0.05) is 6.54 Å². The molecule has 0 atom stereocenters. The van der Waals surface area contributed by atoms with Crippen molar-refractivity contribution in [2.75, 3.05) is 23.9 Å². The van der Waals surface area contributed by atoms with Crippen molar-refractivity contribution in [3.63, 3.8) is 0 Å². The van der Waals surface area contributed by atoms with Crippen LogP contribution >= 0.6 is 23.1 Å². The number of fused-ring (bicyclic) bond motifs is 1. The molecule has 86 valence electrons. The van der Waals surface area contributed by atoms with Gasteiger partial charge < -0.3 is 5.32 Å². The van der Waals surface area contributed by atoms with E-state index in [1.54, 1.807) is 11.3 Å². The number of benzene rings is 1. The molecule has 0 unspecified atom stereocenters. The minimum absolute atomic E-state index is 1.03. The van der Waals surface area contributed by atoms with E-state index in [0.29, 0.717) is 0 Å². The van der Waals surface area contributed by atoms with E-state index in [-0.39, 0.29) is 0 Å². The standard InChI is InChI=1S/C12H16N2S2/c1-15-9-5-4-8-13-12-14-10-6-2-3-7-11(10)16-12/h2-3,6-7H,4-5,8-9H2,1H3,(H,13,14). The van der Waals surface area contributed by atoms with Crippen molar-refractivity contribution < 1.29 is 0 Å². The number of aromatic nitrogens is 1. The van der Waals surface area contributed by atoms with Gasteiger partial charge in [0.2, 0.25) is 0 Å². The van der Waals surface area contributed by atoms with Crippen LogP contribution in [0.15, 0.2) is 24.3 Å². The predicted molar refractivity (Wildman–Crippen MR) is 75.7 cm³/mol. The van der Waals surface area contributed by atoms with Gasteiger partial charge in [-0.2, -0.15) is 11.8 Å². The first-order valence-electron chi connectivity index (χ1n) is 5.48. The predicted octanol–water partition coefficient (Wildman–Crippen LogP) is 3.85. The fourth-order valence-corrected chi connectivity index (χ4v) is 2.90. The number of nitrogens with one attached hydrogen (secondary N) is 1. The molecule has 1 heterocycles. The SMILES string of the molecule is CSCCCCNc1nc2ccccc2s1. The van der Waals surface area contributed by atoms with E-state index in [1.165, 1.54) is 23.3 Å². The summed E-state index contributed by atoms with van der Waals surface area (Å²) in [6, 6.07) is 8.27. The largest absolute Gasteiger partial charge is 0.361 e. The van der Waals surface area contributed by atoms with E-state index in [1.807, 2.05) is 17.8 Å². The Hall–Kier alpha value is -0.740. The summed E-state index contributed by atoms with van der Waals surface area (Å²) in [4.78, 5) is 4.53. The molecule has 0 spiro atoms. The molecular weight excluding hydrogens is 236 g/mol. The monoisotopic (exact) mass is 252 g/mol. The summed E-state index contributed by atoms with van der Waals surface area (Å²) in [5, 5.41) is 4.44. The summed E-state index contributed by atoms with van der Waals surface area (Å²) in [5.74, 6) is 1.25. The fourth-order valence-electron chi connectivity index (χ4n) is 1.51. The van der Waals surface area contributed by atoms with Crippen LogP contribution in [0.5, 0.6) is 0 Å². The molecular formula is C12H16N2S2. The van der Waals surface area contributed by atoms with Crippen LogP contribution in [0.25, 0.3) is 10.2 Å². The van der Waals surface area contributed by atoms with Crippen molar-refractivity contribution in [1.29, 1.82) is 0 Å². The number of para-hydroxylation sites is 1. The molecule has 0 radical (unpaired) electrons. The van der Waals surface area contributed by atoms with Crippen LogP contribution in [0.1, 0.15) is 12.8 Å². The van der Waals surface area contributed by atoms with Crippen molar-refractivity contribution in [2.45, 2.75) is 12.8 Å². The zero-order chi connectivity index (χ0) is 11.2. The Balaban J connectivity index is 1.85. The van der Waals surface area contributed by atoms with E-state index in [2.05, 4.69) is 34.8 Å². The molecule has 0 saturated heterocycles. The Labute approximate surface area is 104 Å². The van der Waals surface area contributed by atoms with E-state index in [9.17, 15) is 0 Å². The summed E-state index contributed by atoms with van der Waals surface area (Å²) < 4.78 is 1.26. The Kier molecular flexibility index (Phi) is 4.48. The van der Waals surface area contributed by atoms with Crippen LogP contribution in [-0.2, 0) is 0 Å². The highest BCUT2D eigenvalue weighted by atomic mass is 32.2. The third kappa shape index (κ3) is 3.12. The normalized spacial score (nSPS) is 10.8. The number of anilines is 1. The molecule has 0 saturated carbocycles. The van der Waals surface area contributed by atoms with Gasteiger partial charge in [0.25, 0.3) is 0 Å². The number of hydrogen-bond donors (Lipinski definition) is 1. The van der Waals surface area contributed by atoms with Gasteiger partial charge in [-0.05, 0) is 37.0 Å². The highest BCUT2D eigenvalue weighted by molar-refractivity contribution is 7.98. The quantitative estimate of drug-likeness (QED) is 0.790. The lowest BCUT2D eigenvalue weighted by molar-refractivity contribution is 0.843. The Bertz CT molecular complexity index is 406. The lowest BCUT2D eigenvalue weighted by Gasteiger charge is -2.00. The van der Waals surface area contributed by atoms with Crippen molar-refractivity contribution in [1.82, 2.24) is 4.98 Å². The number of hydrogen-bond acceptors (Lipinski definition) is 4. The van der Waals surface area contributed by atoms with Gasteiger partial charge in [0.05, 0.1) is 10.2 Å². The summed E-state index contributed by atoms with van der Waals surface area (Å²) in [6.45, 7) is 1.03. The van der Waals surface area contributed by atoms with Crippen molar-refractivity contribution in [3.8, 4) is 0 Å². The molecule has 1 aromatic carbocycles. The van der Waals surface area contributed by atoms with Gasteiger partial charge in [0.15, 0.2) is 5.13 Å². The number of thiazole rings is 1. The zero-order valence-corrected chi connectivity index (χ0v) is 11.0. The molecule has 2 nitrogen and oxygen atoms in total. The summed E-state index contributed by atoms with van der Waals surface area (Å²) in [7, 11) is 0. The number of unbranched alkanes of at least 4 members (excludes halogenated alkanes) is 1. The summed E-state index contributed by atoms with van der Waals surface area (Å²) in [5.41, 5.74) is 1.10. The van der Waals surface area contributed by atoms with E-state index >= 15 is 0 Å². The van der Waals surface area contributed by atoms with Crippen molar-refractivity contribution in [2.24, 2.45) is 0 Å². The molecule has 0 aliphatic heterocycles. The lowest BCUT2D eigenvalue weighted by Crippen LogP contribution is -2.01. The maximum absolute atomic E-state index is 4.53. The minimum atomic E-state index is 1.03. The first kappa shape index (κ1) is 11.7. The van der Waals surface area contributed by atoms with Crippen LogP contribution in [0.4, 0.5) is 5.13 Å². The van der Waals surface area contributed by atoms with Crippen LogP contribution in [-0.4, -0.2) is 23.5 Å². The third-order valence-corrected chi connectivity index (χ3v) is 4.04. The fraction of sp³-hybridized carbons (Fsp3) is 0.417. The Morgan fingerprint density at radius 2 is 2.19 bits per heavy atom. The number of nitrogens with zero attached hydrogens (tertiary/aromatic N) is 1. The van der Waals surface area contributed by atoms with Gasteiger partial charge in [-0.15, -0.1) is 0 Å². The first-order valence-corrected chi connectivity index (χ1v) is 7.69. The molecule has 0 bridgehead atoms. The first-order chi connectivity index (χ1) is 7.90. The van der Waals surface area contributed by atoms with Gasteiger partial charge in [0.1, 0.15) is 0 Å². The summed E-state index contributed by atoms with van der Waals surface area (Å²) in [6.07, 6.45) is 4.65. The minimum Gasteiger partial charge on any atom is -0.361 e. The van der Waals surface area contributed by atoms with Crippen LogP contribution < -0.4 is 5.32 Å². The molecule has 0 aliphatic carbocycles. The lowest BCUT2D eigenvalue weighted by atomic mass is 10.3. The van der Waals surface area contributed by atoms with Gasteiger partial charge in [-0.25, -0.2) is 4.98 Å². The van der Waals surface area contributed by atoms with Gasteiger partial charge in [-0.1, -0.05) is 23.5 Å². The van der Waals surface area contributed by atoms with Crippen LogP contribution in [0, 0.1) is 0 Å². The summed E-state index contributed by atoms with van der Waals surface area (Å²) >= 11 is 3.64. The highest BCUT2D eigenvalue weighted by Crippen LogP contribution is 2.25. The Morgan fingerprint density at radius 3 is 3.00 bits per heavy atom. The average molecular weight is 252 g/mol. The zero-order valence-electron chi connectivity index (χ0n) is 9.40. The van der Waals surface area contributed by atoms with E-state index < -0.39 is 0 Å². The second kappa shape index (κ2) is 6.11. The molecule has 2 rings (SSSR count). The van der Waals surface area contributed by atoms with E-state index in [0.717, 1.165) is 17.2 Å². The van der Waals surface area contributed by atoms with Crippen LogP contribution in [0.2, 0.25) is 0 Å². The second-order valence-electron chi connectivity index (χ2n) is 3.61. The number of thioether (sulfide) groups is 1. The van der Waals surface area contributed by atoms with Gasteiger partial charge in [-0.3, -0.25) is 0 Å². The van der Waals surface area contributed by atoms with Crippen molar-refractivity contribution >= 4 is 38.4 Å². The topological polar surface area (TPSA) is 24.9 Å². The van der Waals surface area contributed by atoms with Crippen molar-refractivity contribution in [3.05, 3.63) is 24.3 Å². The van der Waals surface area contributed by atoms with Crippen LogP contribution in [0.3, 0.4) is 0 Å². The molecule has 0 aliphatic rings. The molecule has 1 N–H and O–H groups in total. The van der Waals surface area contributed by atoms with Gasteiger partial charge >= 0.3 is 0 Å². The third-order valence-electron chi connectivity index (χ3n) is 2.35. The maximum Gasteiger partial charge on any atom is 0.183 e. The molecule has 0 fully saturated rings. The molecule has 4 heteroatoms. The van der Waals surface area contributed by atoms with E-state index in [4.69, 9.17) is 0 Å².